The van der Waals surface area contributed by atoms with Crippen LogP contribution < -0.4 is 10.2 Å². The van der Waals surface area contributed by atoms with Crippen molar-refractivity contribution in [1.82, 2.24) is 15.5 Å². The van der Waals surface area contributed by atoms with E-state index in [4.69, 9.17) is 9.51 Å². The number of rotatable bonds is 5. The number of halogens is 1. The third kappa shape index (κ3) is 4.28. The summed E-state index contributed by atoms with van der Waals surface area (Å²) in [6, 6.07) is 19.8. The number of carbonyl (C=O) groups is 1. The van der Waals surface area contributed by atoms with Crippen LogP contribution in [-0.4, -0.2) is 16.2 Å². The van der Waals surface area contributed by atoms with E-state index in [1.165, 1.54) is 16.5 Å². The van der Waals surface area contributed by atoms with Crippen molar-refractivity contribution in [2.45, 2.75) is 40.2 Å². The van der Waals surface area contributed by atoms with Crippen molar-refractivity contribution in [2.75, 3.05) is 4.90 Å². The summed E-state index contributed by atoms with van der Waals surface area (Å²) in [5, 5.41) is 7.29. The number of nitrogens with zero attached hydrogens (tertiary/aromatic N) is 3. The van der Waals surface area contributed by atoms with Gasteiger partial charge < -0.3 is 9.84 Å². The Morgan fingerprint density at radius 2 is 1.81 bits per heavy atom. The molecule has 36 heavy (non-hydrogen) atoms. The van der Waals surface area contributed by atoms with Gasteiger partial charge in [-0.25, -0.2) is 9.18 Å². The van der Waals surface area contributed by atoms with Gasteiger partial charge in [0.1, 0.15) is 5.82 Å². The zero-order valence-electron chi connectivity index (χ0n) is 20.7. The summed E-state index contributed by atoms with van der Waals surface area (Å²) >= 11 is 0. The van der Waals surface area contributed by atoms with Gasteiger partial charge in [-0.3, -0.25) is 4.90 Å². The van der Waals surface area contributed by atoms with Gasteiger partial charge in [-0.2, -0.15) is 4.98 Å². The minimum absolute atomic E-state index is 0.297. The highest BCUT2D eigenvalue weighted by molar-refractivity contribution is 6.01. The first-order valence-electron chi connectivity index (χ1n) is 11.9. The van der Waals surface area contributed by atoms with Crippen LogP contribution >= 0.6 is 0 Å². The smallest absolute Gasteiger partial charge is 0.327 e. The van der Waals surface area contributed by atoms with Gasteiger partial charge in [-0.15, -0.1) is 0 Å². The van der Waals surface area contributed by atoms with E-state index in [2.05, 4.69) is 17.4 Å². The number of hydrogen-bond acceptors (Lipinski definition) is 4. The first-order valence-corrected chi connectivity index (χ1v) is 11.9. The number of urea groups is 1. The molecule has 0 radical (unpaired) electrons. The number of allylic oxidation sites excluding steroid dienone is 1. The Kier molecular flexibility index (Phi) is 6.14. The molecule has 1 unspecified atom stereocenters. The van der Waals surface area contributed by atoms with Gasteiger partial charge >= 0.3 is 6.03 Å². The van der Waals surface area contributed by atoms with Crippen LogP contribution in [-0.2, 0) is 6.42 Å². The van der Waals surface area contributed by atoms with Crippen LogP contribution in [0.4, 0.5) is 14.9 Å². The number of amides is 2. The van der Waals surface area contributed by atoms with Crippen molar-refractivity contribution in [2.24, 2.45) is 0 Å². The van der Waals surface area contributed by atoms with Crippen molar-refractivity contribution < 1.29 is 13.7 Å². The van der Waals surface area contributed by atoms with Crippen LogP contribution in [0.15, 0.2) is 77.0 Å². The number of anilines is 1. The third-order valence-electron chi connectivity index (χ3n) is 6.55. The summed E-state index contributed by atoms with van der Waals surface area (Å²) in [4.78, 5) is 19.5. The first kappa shape index (κ1) is 23.5. The van der Waals surface area contributed by atoms with E-state index in [1.54, 1.807) is 19.1 Å². The summed E-state index contributed by atoms with van der Waals surface area (Å²) in [6.07, 6.45) is 0.912. The first-order chi connectivity index (χ1) is 17.4. The lowest BCUT2D eigenvalue weighted by atomic mass is 9.93. The number of aryl methyl sites for hydroxylation is 3. The predicted octanol–water partition coefficient (Wildman–Crippen LogP) is 6.76. The molecule has 4 aromatic rings. The summed E-state index contributed by atoms with van der Waals surface area (Å²) < 4.78 is 20.2. The van der Waals surface area contributed by atoms with E-state index in [9.17, 15) is 9.18 Å². The molecule has 0 bridgehead atoms. The van der Waals surface area contributed by atoms with E-state index >= 15 is 0 Å². The van der Waals surface area contributed by atoms with Gasteiger partial charge in [0.25, 0.3) is 5.89 Å². The standard InChI is InChI=1S/C29H27FN4O2/c1-5-20-10-12-21(13-11-20)26-25(28-32-27(33-36-28)22-8-6-7-17(2)15-22)19(4)34(29(35)31-26)23-14-9-18(3)24(30)16-23/h6-16,26H,5H2,1-4H3,(H,31,35). The summed E-state index contributed by atoms with van der Waals surface area (Å²) in [6.45, 7) is 7.60. The van der Waals surface area contributed by atoms with Gasteiger partial charge in [0.05, 0.1) is 17.3 Å². The van der Waals surface area contributed by atoms with Crippen LogP contribution in [0.5, 0.6) is 0 Å². The maximum absolute atomic E-state index is 14.4. The van der Waals surface area contributed by atoms with Crippen molar-refractivity contribution in [1.29, 1.82) is 0 Å². The van der Waals surface area contributed by atoms with Crippen molar-refractivity contribution in [3.8, 4) is 11.4 Å². The second-order valence-electron chi connectivity index (χ2n) is 9.04. The number of benzene rings is 3. The Morgan fingerprint density at radius 1 is 1.03 bits per heavy atom. The number of nitrogens with one attached hydrogen (secondary N) is 1. The second-order valence-corrected chi connectivity index (χ2v) is 9.04. The molecule has 0 fully saturated rings. The zero-order chi connectivity index (χ0) is 25.4. The van der Waals surface area contributed by atoms with Crippen LogP contribution in [0.2, 0.25) is 0 Å². The molecule has 1 aliphatic heterocycles. The molecular formula is C29H27FN4O2. The average Bonchev–Trinajstić information content (AvgIpc) is 3.36. The van der Waals surface area contributed by atoms with Gasteiger partial charge in [0, 0.05) is 11.3 Å². The highest BCUT2D eigenvalue weighted by Gasteiger charge is 2.36. The van der Waals surface area contributed by atoms with E-state index < -0.39 is 6.04 Å². The highest BCUT2D eigenvalue weighted by atomic mass is 19.1. The van der Waals surface area contributed by atoms with Crippen molar-refractivity contribution >= 4 is 17.3 Å². The van der Waals surface area contributed by atoms with Crippen LogP contribution in [0.3, 0.4) is 0 Å². The number of hydrogen-bond donors (Lipinski definition) is 1. The largest absolute Gasteiger partial charge is 0.334 e. The molecule has 2 heterocycles. The molecule has 0 saturated heterocycles. The Morgan fingerprint density at radius 3 is 2.50 bits per heavy atom. The SMILES string of the molecule is CCc1ccc(C2NC(=O)N(c3ccc(C)c(F)c3)C(C)=C2c2nc(-c3cccc(C)c3)no2)cc1. The maximum Gasteiger partial charge on any atom is 0.327 e. The monoisotopic (exact) mass is 482 g/mol. The molecule has 7 heteroatoms. The molecule has 0 saturated carbocycles. The Bertz CT molecular complexity index is 1470. The lowest BCUT2D eigenvalue weighted by Crippen LogP contribution is -2.46. The van der Waals surface area contributed by atoms with E-state index in [1.807, 2.05) is 62.4 Å². The lowest BCUT2D eigenvalue weighted by Gasteiger charge is -2.35. The molecule has 1 aliphatic rings. The van der Waals surface area contributed by atoms with Crippen LogP contribution in [0, 0.1) is 19.7 Å². The molecule has 5 rings (SSSR count). The summed E-state index contributed by atoms with van der Waals surface area (Å²) in [5.74, 6) is 0.372. The normalized spacial score (nSPS) is 15.9. The maximum atomic E-state index is 14.4. The molecule has 0 spiro atoms. The molecular weight excluding hydrogens is 455 g/mol. The predicted molar refractivity (Wildman–Crippen MR) is 138 cm³/mol. The lowest BCUT2D eigenvalue weighted by molar-refractivity contribution is 0.244. The fourth-order valence-corrected chi connectivity index (χ4v) is 4.48. The quantitative estimate of drug-likeness (QED) is 0.341. The molecule has 0 aliphatic carbocycles. The Hall–Kier alpha value is -4.26. The summed E-state index contributed by atoms with van der Waals surface area (Å²) in [5.41, 5.74) is 6.18. The van der Waals surface area contributed by atoms with Crippen LogP contribution in [0.1, 0.15) is 48.0 Å². The van der Waals surface area contributed by atoms with Crippen molar-refractivity contribution in [3.05, 3.63) is 106 Å². The average molecular weight is 483 g/mol. The highest BCUT2D eigenvalue weighted by Crippen LogP contribution is 2.39. The van der Waals surface area contributed by atoms with Gasteiger partial charge in [-0.1, -0.05) is 66.2 Å². The van der Waals surface area contributed by atoms with Gasteiger partial charge in [0.2, 0.25) is 5.82 Å². The minimum Gasteiger partial charge on any atom is -0.334 e. The number of aromatic nitrogens is 2. The molecule has 3 aromatic carbocycles. The van der Waals surface area contributed by atoms with E-state index in [-0.39, 0.29) is 11.8 Å². The molecule has 2 amide bonds. The molecule has 1 atom stereocenters. The molecule has 1 aromatic heterocycles. The molecule has 1 N–H and O–H groups in total. The summed E-state index contributed by atoms with van der Waals surface area (Å²) in [7, 11) is 0. The fraction of sp³-hybridized carbons (Fsp3) is 0.207. The molecule has 6 nitrogen and oxygen atoms in total. The minimum atomic E-state index is -0.513. The zero-order valence-corrected chi connectivity index (χ0v) is 20.7. The third-order valence-corrected chi connectivity index (χ3v) is 6.55. The Labute approximate surface area is 209 Å². The topological polar surface area (TPSA) is 71.3 Å². The van der Waals surface area contributed by atoms with Gasteiger partial charge in [0.15, 0.2) is 0 Å². The molecule has 182 valence electrons. The second kappa shape index (κ2) is 9.41. The Balaban J connectivity index is 1.65. The number of carbonyl (C=O) groups excluding carboxylic acids is 1. The fourth-order valence-electron chi connectivity index (χ4n) is 4.48. The van der Waals surface area contributed by atoms with Crippen molar-refractivity contribution in [3.63, 3.8) is 0 Å². The van der Waals surface area contributed by atoms with E-state index in [0.717, 1.165) is 23.1 Å². The van der Waals surface area contributed by atoms with Crippen LogP contribution in [0.25, 0.3) is 17.0 Å². The van der Waals surface area contributed by atoms with E-state index in [0.29, 0.717) is 34.2 Å². The van der Waals surface area contributed by atoms with Gasteiger partial charge in [-0.05, 0) is 62.1 Å².